The summed E-state index contributed by atoms with van der Waals surface area (Å²) in [7, 11) is -0.712. The molecule has 0 bridgehead atoms. The van der Waals surface area contributed by atoms with Gasteiger partial charge in [0.05, 0.1) is 17.8 Å². The lowest BCUT2D eigenvalue weighted by Crippen LogP contribution is -2.41. The molecule has 3 heterocycles. The Hall–Kier alpha value is -0.975. The average Bonchev–Trinajstić information content (AvgIpc) is 2.96. The number of ether oxygens (including phenoxy) is 1. The summed E-state index contributed by atoms with van der Waals surface area (Å²) in [6, 6.07) is 3.57. The molecule has 0 aromatic carbocycles. The van der Waals surface area contributed by atoms with Crippen molar-refractivity contribution in [3.63, 3.8) is 0 Å². The summed E-state index contributed by atoms with van der Waals surface area (Å²) in [4.78, 5) is 4.09. The Morgan fingerprint density at radius 1 is 1.19 bits per heavy atom. The van der Waals surface area contributed by atoms with E-state index in [2.05, 4.69) is 4.98 Å². The minimum atomic E-state index is -0.712. The highest BCUT2D eigenvalue weighted by molar-refractivity contribution is 6.62. The zero-order chi connectivity index (χ0) is 15.3. The average molecular weight is 293 g/mol. The molecule has 21 heavy (non-hydrogen) atoms. The monoisotopic (exact) mass is 293 g/mol. The smallest absolute Gasteiger partial charge is 0.399 e. The molecule has 6 heteroatoms. The van der Waals surface area contributed by atoms with Crippen molar-refractivity contribution in [1.82, 2.24) is 4.98 Å². The van der Waals surface area contributed by atoms with Gasteiger partial charge in [0, 0.05) is 23.7 Å². The topological polar surface area (TPSA) is 40.6 Å². The fourth-order valence-electron chi connectivity index (χ4n) is 2.60. The Kier molecular flexibility index (Phi) is 3.58. The van der Waals surface area contributed by atoms with Crippen LogP contribution in [0.3, 0.4) is 0 Å². The first kappa shape index (κ1) is 14.9. The second kappa shape index (κ2) is 5.04. The van der Waals surface area contributed by atoms with Crippen LogP contribution in [0, 0.1) is 5.95 Å². The summed E-state index contributed by atoms with van der Waals surface area (Å²) in [5.74, 6) is -0.329. The Bertz CT molecular complexity index is 528. The van der Waals surface area contributed by atoms with Gasteiger partial charge in [0.15, 0.2) is 0 Å². The molecular formula is C15H21BFNO3. The number of halogens is 1. The number of aromatic nitrogens is 1. The lowest BCUT2D eigenvalue weighted by molar-refractivity contribution is 0.00578. The number of hydrogen-bond donors (Lipinski definition) is 0. The van der Waals surface area contributed by atoms with Gasteiger partial charge in [-0.3, -0.25) is 0 Å². The van der Waals surface area contributed by atoms with E-state index in [-0.39, 0.29) is 5.92 Å². The standard InChI is InChI=1S/C15H21BFNO3/c1-14(2)15(3,4)21-16(20-14)11-5-6-12(18-13(11)17)10-7-8-19-9-10/h5-6,10H,7-9H2,1-4H3. The summed E-state index contributed by atoms with van der Waals surface area (Å²) < 4.78 is 31.4. The van der Waals surface area contributed by atoms with Crippen LogP contribution in [0.2, 0.25) is 0 Å². The molecular weight excluding hydrogens is 272 g/mol. The maximum Gasteiger partial charge on any atom is 0.499 e. The fraction of sp³-hybridized carbons (Fsp3) is 0.667. The van der Waals surface area contributed by atoms with Crippen LogP contribution in [0.4, 0.5) is 4.39 Å². The molecule has 0 aliphatic carbocycles. The molecule has 2 saturated heterocycles. The lowest BCUT2D eigenvalue weighted by atomic mass is 9.79. The van der Waals surface area contributed by atoms with E-state index in [4.69, 9.17) is 14.0 Å². The van der Waals surface area contributed by atoms with Crippen molar-refractivity contribution in [1.29, 1.82) is 0 Å². The molecule has 3 rings (SSSR count). The molecule has 0 radical (unpaired) electrons. The molecule has 2 aliphatic heterocycles. The predicted molar refractivity (Wildman–Crippen MR) is 78.1 cm³/mol. The van der Waals surface area contributed by atoms with Crippen LogP contribution >= 0.6 is 0 Å². The highest BCUT2D eigenvalue weighted by Crippen LogP contribution is 2.36. The van der Waals surface area contributed by atoms with Crippen molar-refractivity contribution >= 4 is 12.6 Å². The maximum absolute atomic E-state index is 14.3. The van der Waals surface area contributed by atoms with Gasteiger partial charge in [0.1, 0.15) is 0 Å². The van der Waals surface area contributed by atoms with E-state index in [1.807, 2.05) is 33.8 Å². The van der Waals surface area contributed by atoms with Crippen LogP contribution in [-0.4, -0.2) is 36.5 Å². The van der Waals surface area contributed by atoms with Gasteiger partial charge in [-0.1, -0.05) is 6.07 Å². The van der Waals surface area contributed by atoms with E-state index in [9.17, 15) is 4.39 Å². The Morgan fingerprint density at radius 3 is 2.38 bits per heavy atom. The van der Waals surface area contributed by atoms with Crippen molar-refractivity contribution in [2.24, 2.45) is 0 Å². The van der Waals surface area contributed by atoms with Gasteiger partial charge in [-0.2, -0.15) is 4.39 Å². The maximum atomic E-state index is 14.3. The lowest BCUT2D eigenvalue weighted by Gasteiger charge is -2.32. The number of nitrogens with zero attached hydrogens (tertiary/aromatic N) is 1. The molecule has 2 aliphatic rings. The van der Waals surface area contributed by atoms with Crippen molar-refractivity contribution in [2.45, 2.75) is 51.2 Å². The quantitative estimate of drug-likeness (QED) is 0.618. The summed E-state index contributed by atoms with van der Waals surface area (Å²) in [5, 5.41) is 0. The van der Waals surface area contributed by atoms with Gasteiger partial charge in [-0.15, -0.1) is 0 Å². The summed E-state index contributed by atoms with van der Waals surface area (Å²) in [6.07, 6.45) is 0.891. The Morgan fingerprint density at radius 2 is 1.86 bits per heavy atom. The van der Waals surface area contributed by atoms with E-state index >= 15 is 0 Å². The van der Waals surface area contributed by atoms with Crippen molar-refractivity contribution in [3.05, 3.63) is 23.8 Å². The highest BCUT2D eigenvalue weighted by atomic mass is 19.1. The third-order valence-electron chi connectivity index (χ3n) is 4.75. The van der Waals surface area contributed by atoms with Gasteiger partial charge < -0.3 is 14.0 Å². The van der Waals surface area contributed by atoms with Crippen LogP contribution in [0.1, 0.15) is 45.7 Å². The molecule has 0 spiro atoms. The minimum absolute atomic E-state index is 0.187. The van der Waals surface area contributed by atoms with Crippen LogP contribution < -0.4 is 5.46 Å². The number of pyridine rings is 1. The van der Waals surface area contributed by atoms with E-state index < -0.39 is 24.3 Å². The summed E-state index contributed by atoms with van der Waals surface area (Å²) in [5.41, 5.74) is 0.131. The summed E-state index contributed by atoms with van der Waals surface area (Å²) >= 11 is 0. The third-order valence-corrected chi connectivity index (χ3v) is 4.75. The highest BCUT2D eigenvalue weighted by Gasteiger charge is 2.52. The first-order valence-electron chi connectivity index (χ1n) is 7.40. The molecule has 2 fully saturated rings. The SMILES string of the molecule is CC1(C)OB(c2ccc(C3CCOC3)nc2F)OC1(C)C. The normalized spacial score (nSPS) is 27.3. The predicted octanol–water partition coefficient (Wildman–Crippen LogP) is 2.02. The van der Waals surface area contributed by atoms with Crippen LogP contribution in [0.5, 0.6) is 0 Å². The number of hydrogen-bond acceptors (Lipinski definition) is 4. The third kappa shape index (κ3) is 2.60. The second-order valence-electron chi connectivity index (χ2n) is 6.76. The molecule has 1 unspecified atom stereocenters. The fourth-order valence-corrected chi connectivity index (χ4v) is 2.60. The molecule has 0 amide bonds. The van der Waals surface area contributed by atoms with E-state index in [0.717, 1.165) is 12.1 Å². The van der Waals surface area contributed by atoms with E-state index in [1.54, 1.807) is 6.07 Å². The first-order valence-corrected chi connectivity index (χ1v) is 7.40. The molecule has 0 N–H and O–H groups in total. The van der Waals surface area contributed by atoms with Gasteiger partial charge >= 0.3 is 7.12 Å². The molecule has 1 aromatic rings. The second-order valence-corrected chi connectivity index (χ2v) is 6.76. The zero-order valence-electron chi connectivity index (χ0n) is 13.0. The van der Waals surface area contributed by atoms with Gasteiger partial charge in [0.2, 0.25) is 5.95 Å². The van der Waals surface area contributed by atoms with Crippen molar-refractivity contribution in [3.8, 4) is 0 Å². The van der Waals surface area contributed by atoms with E-state index in [1.165, 1.54) is 0 Å². The zero-order valence-corrected chi connectivity index (χ0v) is 13.0. The summed E-state index contributed by atoms with van der Waals surface area (Å²) in [6.45, 7) is 9.12. The van der Waals surface area contributed by atoms with Gasteiger partial charge in [0.25, 0.3) is 0 Å². The number of rotatable bonds is 2. The van der Waals surface area contributed by atoms with Gasteiger partial charge in [-0.25, -0.2) is 4.98 Å². The van der Waals surface area contributed by atoms with Crippen molar-refractivity contribution < 1.29 is 18.4 Å². The van der Waals surface area contributed by atoms with Crippen LogP contribution in [-0.2, 0) is 14.0 Å². The van der Waals surface area contributed by atoms with Crippen LogP contribution in [0.25, 0.3) is 0 Å². The Labute approximate surface area is 125 Å². The van der Waals surface area contributed by atoms with Crippen LogP contribution in [0.15, 0.2) is 12.1 Å². The van der Waals surface area contributed by atoms with Gasteiger partial charge in [-0.05, 0) is 40.2 Å². The largest absolute Gasteiger partial charge is 0.499 e. The molecule has 0 saturated carbocycles. The molecule has 4 nitrogen and oxygen atoms in total. The first-order chi connectivity index (χ1) is 9.80. The Balaban J connectivity index is 1.84. The molecule has 114 valence electrons. The molecule has 1 aromatic heterocycles. The van der Waals surface area contributed by atoms with E-state index in [0.29, 0.717) is 18.7 Å². The van der Waals surface area contributed by atoms with Crippen molar-refractivity contribution in [2.75, 3.05) is 13.2 Å². The molecule has 1 atom stereocenters. The minimum Gasteiger partial charge on any atom is -0.399 e.